The van der Waals surface area contributed by atoms with Crippen LogP contribution in [0, 0.1) is 11.3 Å². The molecule has 1 N–H and O–H groups in total. The maximum Gasteiger partial charge on any atom is 0.346 e. The van der Waals surface area contributed by atoms with Crippen LogP contribution in [0.25, 0.3) is 0 Å². The number of carboxylic acids is 1. The zero-order valence-corrected chi connectivity index (χ0v) is 8.81. The van der Waals surface area contributed by atoms with E-state index in [1.807, 2.05) is 12.2 Å². The van der Waals surface area contributed by atoms with Gasteiger partial charge in [-0.05, 0) is 12.5 Å². The van der Waals surface area contributed by atoms with Crippen LogP contribution in [0.15, 0.2) is 36.0 Å². The predicted octanol–water partition coefficient (Wildman–Crippen LogP) is 2.82. The number of rotatable bonds is 6. The number of aliphatic carboxylic acids is 1. The lowest BCUT2D eigenvalue weighted by atomic mass is 10.2. The van der Waals surface area contributed by atoms with Crippen LogP contribution in [0.1, 0.15) is 26.2 Å². The maximum atomic E-state index is 10.4. The smallest absolute Gasteiger partial charge is 0.346 e. The standard InChI is InChI=1S/C12H15NO2/c1-2-3-4-5-6-7-8-9-11(10-13)12(14)15/h5-9H,2-4H2,1H3,(H,14,15)/b6-5+,8-7+,11-9+. The molecule has 0 radical (unpaired) electrons. The Hall–Kier alpha value is -1.82. The van der Waals surface area contributed by atoms with Crippen molar-refractivity contribution in [3.05, 3.63) is 36.0 Å². The van der Waals surface area contributed by atoms with E-state index in [-0.39, 0.29) is 5.57 Å². The average molecular weight is 205 g/mol. The van der Waals surface area contributed by atoms with Gasteiger partial charge in [-0.1, -0.05) is 44.1 Å². The highest BCUT2D eigenvalue weighted by molar-refractivity contribution is 5.91. The molecule has 15 heavy (non-hydrogen) atoms. The molecular formula is C12H15NO2. The Morgan fingerprint density at radius 2 is 2.13 bits per heavy atom. The lowest BCUT2D eigenvalue weighted by Gasteiger charge is -1.86. The van der Waals surface area contributed by atoms with Crippen molar-refractivity contribution < 1.29 is 9.90 Å². The van der Waals surface area contributed by atoms with Crippen LogP contribution in [0.2, 0.25) is 0 Å². The number of nitriles is 1. The van der Waals surface area contributed by atoms with Gasteiger partial charge in [-0.25, -0.2) is 4.79 Å². The lowest BCUT2D eigenvalue weighted by Crippen LogP contribution is -1.96. The monoisotopic (exact) mass is 205 g/mol. The molecule has 0 heterocycles. The fourth-order valence-corrected chi connectivity index (χ4v) is 0.869. The van der Waals surface area contributed by atoms with Crippen molar-refractivity contribution in [1.82, 2.24) is 0 Å². The van der Waals surface area contributed by atoms with E-state index in [4.69, 9.17) is 10.4 Å². The SMILES string of the molecule is CCCC/C=C/C=C/C=C(\C#N)C(=O)O. The summed E-state index contributed by atoms with van der Waals surface area (Å²) >= 11 is 0. The number of hydrogen-bond donors (Lipinski definition) is 1. The van der Waals surface area contributed by atoms with Crippen LogP contribution < -0.4 is 0 Å². The molecule has 0 aromatic carbocycles. The van der Waals surface area contributed by atoms with Gasteiger partial charge in [-0.3, -0.25) is 0 Å². The Kier molecular flexibility index (Phi) is 7.70. The van der Waals surface area contributed by atoms with Crippen molar-refractivity contribution in [1.29, 1.82) is 5.26 Å². The van der Waals surface area contributed by atoms with E-state index in [2.05, 4.69) is 6.92 Å². The molecule has 0 aliphatic rings. The van der Waals surface area contributed by atoms with Gasteiger partial charge in [-0.2, -0.15) is 5.26 Å². The van der Waals surface area contributed by atoms with E-state index in [1.165, 1.54) is 6.08 Å². The summed E-state index contributed by atoms with van der Waals surface area (Å²) in [6, 6.07) is 1.60. The molecule has 0 atom stereocenters. The minimum Gasteiger partial charge on any atom is -0.477 e. The van der Waals surface area contributed by atoms with Crippen molar-refractivity contribution >= 4 is 5.97 Å². The van der Waals surface area contributed by atoms with Crippen molar-refractivity contribution in [3.8, 4) is 6.07 Å². The summed E-state index contributed by atoms with van der Waals surface area (Å²) in [5.74, 6) is -1.20. The van der Waals surface area contributed by atoms with Crippen molar-refractivity contribution in [2.75, 3.05) is 0 Å². The quantitative estimate of drug-likeness (QED) is 0.314. The summed E-state index contributed by atoms with van der Waals surface area (Å²) in [6.07, 6.45) is 11.8. The molecule has 0 unspecified atom stereocenters. The second-order valence-corrected chi connectivity index (χ2v) is 2.95. The third-order valence-electron chi connectivity index (χ3n) is 1.70. The highest BCUT2D eigenvalue weighted by atomic mass is 16.4. The summed E-state index contributed by atoms with van der Waals surface area (Å²) in [6.45, 7) is 2.12. The van der Waals surface area contributed by atoms with Crippen LogP contribution >= 0.6 is 0 Å². The van der Waals surface area contributed by atoms with Crippen LogP contribution in [-0.4, -0.2) is 11.1 Å². The second-order valence-electron chi connectivity index (χ2n) is 2.95. The van der Waals surface area contributed by atoms with Crippen LogP contribution in [-0.2, 0) is 4.79 Å². The number of carbonyl (C=O) groups is 1. The van der Waals surface area contributed by atoms with Gasteiger partial charge in [0, 0.05) is 0 Å². The molecule has 0 saturated heterocycles. The van der Waals surface area contributed by atoms with Gasteiger partial charge >= 0.3 is 5.97 Å². The van der Waals surface area contributed by atoms with E-state index in [9.17, 15) is 4.79 Å². The first-order chi connectivity index (χ1) is 7.22. The predicted molar refractivity (Wildman–Crippen MR) is 59.1 cm³/mol. The number of unbranched alkanes of at least 4 members (excludes halogenated alkanes) is 2. The molecule has 0 aromatic rings. The number of allylic oxidation sites excluding steroid dienone is 5. The molecular weight excluding hydrogens is 190 g/mol. The third-order valence-corrected chi connectivity index (χ3v) is 1.70. The molecule has 0 aliphatic carbocycles. The molecule has 0 aliphatic heterocycles. The third kappa shape index (κ3) is 7.27. The summed E-state index contributed by atoms with van der Waals surface area (Å²) in [5.41, 5.74) is -0.256. The molecule has 0 saturated carbocycles. The van der Waals surface area contributed by atoms with Crippen LogP contribution in [0.5, 0.6) is 0 Å². The lowest BCUT2D eigenvalue weighted by molar-refractivity contribution is -0.132. The molecule has 0 spiro atoms. The van der Waals surface area contributed by atoms with Gasteiger partial charge in [0.25, 0.3) is 0 Å². The normalized spacial score (nSPS) is 12.1. The van der Waals surface area contributed by atoms with E-state index < -0.39 is 5.97 Å². The average Bonchev–Trinajstić information content (AvgIpc) is 2.21. The molecule has 0 amide bonds. The fraction of sp³-hybridized carbons (Fsp3) is 0.333. The first-order valence-electron chi connectivity index (χ1n) is 4.89. The molecule has 0 fully saturated rings. The minimum absolute atomic E-state index is 0.256. The Labute approximate surface area is 90.0 Å². The van der Waals surface area contributed by atoms with Crippen molar-refractivity contribution in [2.24, 2.45) is 0 Å². The Bertz CT molecular complexity index is 319. The first-order valence-corrected chi connectivity index (χ1v) is 4.89. The summed E-state index contributed by atoms with van der Waals surface area (Å²) < 4.78 is 0. The maximum absolute atomic E-state index is 10.4. The zero-order chi connectivity index (χ0) is 11.5. The van der Waals surface area contributed by atoms with Crippen molar-refractivity contribution in [2.45, 2.75) is 26.2 Å². The van der Waals surface area contributed by atoms with Crippen LogP contribution in [0.4, 0.5) is 0 Å². The molecule has 0 bridgehead atoms. The molecule has 0 rings (SSSR count). The minimum atomic E-state index is -1.20. The Morgan fingerprint density at radius 3 is 2.67 bits per heavy atom. The number of hydrogen-bond acceptors (Lipinski definition) is 2. The largest absolute Gasteiger partial charge is 0.477 e. The van der Waals surface area contributed by atoms with Gasteiger partial charge in [0.1, 0.15) is 11.6 Å². The van der Waals surface area contributed by atoms with E-state index in [0.29, 0.717) is 0 Å². The summed E-state index contributed by atoms with van der Waals surface area (Å²) in [4.78, 5) is 10.4. The van der Waals surface area contributed by atoms with Crippen LogP contribution in [0.3, 0.4) is 0 Å². The Balaban J connectivity index is 4.03. The molecule has 0 aromatic heterocycles. The van der Waals surface area contributed by atoms with E-state index >= 15 is 0 Å². The van der Waals surface area contributed by atoms with Gasteiger partial charge in [0.15, 0.2) is 0 Å². The van der Waals surface area contributed by atoms with E-state index in [1.54, 1.807) is 18.2 Å². The molecule has 80 valence electrons. The number of carboxylic acid groups (broad SMARTS) is 1. The highest BCUT2D eigenvalue weighted by Gasteiger charge is 2.01. The topological polar surface area (TPSA) is 61.1 Å². The van der Waals surface area contributed by atoms with Gasteiger partial charge in [0.05, 0.1) is 0 Å². The first kappa shape index (κ1) is 13.2. The molecule has 3 heteroatoms. The van der Waals surface area contributed by atoms with Gasteiger partial charge in [0.2, 0.25) is 0 Å². The van der Waals surface area contributed by atoms with Gasteiger partial charge < -0.3 is 5.11 Å². The Morgan fingerprint density at radius 1 is 1.40 bits per heavy atom. The number of nitrogens with zero attached hydrogens (tertiary/aromatic N) is 1. The summed E-state index contributed by atoms with van der Waals surface area (Å²) in [5, 5.41) is 16.9. The second kappa shape index (κ2) is 8.76. The zero-order valence-electron chi connectivity index (χ0n) is 8.81. The van der Waals surface area contributed by atoms with Gasteiger partial charge in [-0.15, -0.1) is 0 Å². The van der Waals surface area contributed by atoms with E-state index in [0.717, 1.165) is 19.3 Å². The highest BCUT2D eigenvalue weighted by Crippen LogP contribution is 1.96. The van der Waals surface area contributed by atoms with Crippen molar-refractivity contribution in [3.63, 3.8) is 0 Å². The molecule has 3 nitrogen and oxygen atoms in total. The summed E-state index contributed by atoms with van der Waals surface area (Å²) in [7, 11) is 0. The fourth-order valence-electron chi connectivity index (χ4n) is 0.869.